The fourth-order valence-electron chi connectivity index (χ4n) is 5.22. The highest BCUT2D eigenvalue weighted by atomic mass is 35.5. The number of rotatable bonds is 5. The van der Waals surface area contributed by atoms with Crippen molar-refractivity contribution in [2.75, 3.05) is 5.32 Å². The van der Waals surface area contributed by atoms with Crippen LogP contribution >= 0.6 is 23.2 Å². The van der Waals surface area contributed by atoms with Gasteiger partial charge in [0.2, 0.25) is 11.9 Å². The summed E-state index contributed by atoms with van der Waals surface area (Å²) < 4.78 is 1.78. The van der Waals surface area contributed by atoms with Crippen molar-refractivity contribution < 1.29 is 4.79 Å². The van der Waals surface area contributed by atoms with Crippen LogP contribution < -0.4 is 11.1 Å². The van der Waals surface area contributed by atoms with Gasteiger partial charge >= 0.3 is 0 Å². The number of anilines is 1. The van der Waals surface area contributed by atoms with E-state index < -0.39 is 0 Å². The van der Waals surface area contributed by atoms with Gasteiger partial charge in [-0.25, -0.2) is 0 Å². The largest absolute Gasteiger partial charge is 0.326 e. The minimum Gasteiger partial charge on any atom is -0.326 e. The van der Waals surface area contributed by atoms with Gasteiger partial charge in [-0.3, -0.25) is 14.5 Å². The number of halogens is 2. The van der Waals surface area contributed by atoms with Gasteiger partial charge in [0.25, 0.3) is 0 Å². The second-order valence-corrected chi connectivity index (χ2v) is 9.32. The van der Waals surface area contributed by atoms with Crippen molar-refractivity contribution in [2.24, 2.45) is 23.5 Å². The number of nitrogens with zero attached hydrogens (tertiary/aromatic N) is 3. The van der Waals surface area contributed by atoms with Crippen LogP contribution in [0, 0.1) is 17.8 Å². The molecule has 2 heterocycles. The van der Waals surface area contributed by atoms with E-state index in [1.54, 1.807) is 16.5 Å². The van der Waals surface area contributed by atoms with Crippen LogP contribution in [-0.2, 0) is 11.3 Å². The third kappa shape index (κ3) is 3.57. The molecule has 2 aromatic heterocycles. The van der Waals surface area contributed by atoms with E-state index in [1.165, 1.54) is 25.7 Å². The number of carbonyl (C=O) groups is 1. The van der Waals surface area contributed by atoms with Crippen molar-refractivity contribution in [3.8, 4) is 11.1 Å². The Kier molecular flexibility index (Phi) is 5.17. The van der Waals surface area contributed by atoms with Crippen molar-refractivity contribution in [1.82, 2.24) is 14.6 Å². The first kappa shape index (κ1) is 19.8. The van der Waals surface area contributed by atoms with Gasteiger partial charge in [-0.15, -0.1) is 10.2 Å². The summed E-state index contributed by atoms with van der Waals surface area (Å²) in [5, 5.41) is 12.5. The molecule has 0 radical (unpaired) electrons. The third-order valence-corrected chi connectivity index (χ3v) is 7.20. The Hall–Kier alpha value is -2.15. The van der Waals surface area contributed by atoms with E-state index in [4.69, 9.17) is 28.9 Å². The topological polar surface area (TPSA) is 85.3 Å². The van der Waals surface area contributed by atoms with Gasteiger partial charge in [-0.1, -0.05) is 35.7 Å². The Morgan fingerprint density at radius 3 is 2.73 bits per heavy atom. The zero-order valence-corrected chi connectivity index (χ0v) is 18.0. The molecule has 1 aromatic carbocycles. The predicted molar refractivity (Wildman–Crippen MR) is 119 cm³/mol. The SMILES string of the molecule is NCc1cc2nnc(NC(=O)CC3CC4CCC3C4)n2cc1-c1ccc(Cl)cc1Cl. The zero-order valence-electron chi connectivity index (χ0n) is 16.4. The van der Waals surface area contributed by atoms with E-state index >= 15 is 0 Å². The van der Waals surface area contributed by atoms with Crippen LogP contribution in [0.1, 0.15) is 37.7 Å². The van der Waals surface area contributed by atoms with Crippen LogP contribution in [0.5, 0.6) is 0 Å². The number of carbonyl (C=O) groups excluding carboxylic acids is 1. The van der Waals surface area contributed by atoms with Crippen LogP contribution in [0.2, 0.25) is 10.0 Å². The van der Waals surface area contributed by atoms with Crippen LogP contribution in [0.4, 0.5) is 5.95 Å². The molecular weight excluding hydrogens is 421 g/mol. The highest BCUT2D eigenvalue weighted by Gasteiger charge is 2.40. The summed E-state index contributed by atoms with van der Waals surface area (Å²) in [5.74, 6) is 2.43. The lowest BCUT2D eigenvalue weighted by Gasteiger charge is -2.20. The summed E-state index contributed by atoms with van der Waals surface area (Å²) in [6.45, 7) is 0.323. The molecule has 3 unspecified atom stereocenters. The average Bonchev–Trinajstić information content (AvgIpc) is 3.43. The minimum absolute atomic E-state index is 0.00386. The average molecular weight is 444 g/mol. The number of fused-ring (bicyclic) bond motifs is 3. The first-order valence-corrected chi connectivity index (χ1v) is 11.1. The monoisotopic (exact) mass is 443 g/mol. The van der Waals surface area contributed by atoms with E-state index in [2.05, 4.69) is 15.5 Å². The lowest BCUT2D eigenvalue weighted by molar-refractivity contribution is -0.117. The van der Waals surface area contributed by atoms with Crippen molar-refractivity contribution in [1.29, 1.82) is 0 Å². The molecule has 30 heavy (non-hydrogen) atoms. The lowest BCUT2D eigenvalue weighted by atomic mass is 9.86. The van der Waals surface area contributed by atoms with Gasteiger partial charge in [0, 0.05) is 40.3 Å². The molecule has 0 spiro atoms. The Labute approximate surface area is 184 Å². The number of amides is 1. The molecule has 156 valence electrons. The Bertz CT molecular complexity index is 1130. The summed E-state index contributed by atoms with van der Waals surface area (Å²) in [6, 6.07) is 7.23. The first-order valence-electron chi connectivity index (χ1n) is 10.3. The molecule has 2 saturated carbocycles. The number of hydrogen-bond acceptors (Lipinski definition) is 4. The fraction of sp³-hybridized carbons (Fsp3) is 0.409. The molecule has 2 aliphatic carbocycles. The molecule has 3 aromatic rings. The van der Waals surface area contributed by atoms with Crippen molar-refractivity contribution in [3.63, 3.8) is 0 Å². The maximum atomic E-state index is 12.7. The molecule has 2 bridgehead atoms. The van der Waals surface area contributed by atoms with Gasteiger partial charge in [0.05, 0.1) is 0 Å². The number of benzene rings is 1. The van der Waals surface area contributed by atoms with E-state index in [-0.39, 0.29) is 5.91 Å². The Morgan fingerprint density at radius 2 is 2.03 bits per heavy atom. The molecule has 2 fully saturated rings. The normalized spacial score (nSPS) is 22.7. The molecular formula is C22H23Cl2N5O. The van der Waals surface area contributed by atoms with Crippen molar-refractivity contribution in [3.05, 3.63) is 46.1 Å². The van der Waals surface area contributed by atoms with Gasteiger partial charge < -0.3 is 5.73 Å². The van der Waals surface area contributed by atoms with Gasteiger partial charge in [0.1, 0.15) is 0 Å². The molecule has 0 aliphatic heterocycles. The van der Waals surface area contributed by atoms with Crippen LogP contribution in [0.3, 0.4) is 0 Å². The van der Waals surface area contributed by atoms with Crippen molar-refractivity contribution in [2.45, 2.75) is 38.6 Å². The van der Waals surface area contributed by atoms with Crippen LogP contribution in [0.15, 0.2) is 30.5 Å². The minimum atomic E-state index is -0.00386. The Morgan fingerprint density at radius 1 is 1.17 bits per heavy atom. The number of pyridine rings is 1. The summed E-state index contributed by atoms with van der Waals surface area (Å²) in [7, 11) is 0. The maximum absolute atomic E-state index is 12.7. The van der Waals surface area contributed by atoms with E-state index in [0.717, 1.165) is 22.6 Å². The van der Waals surface area contributed by atoms with Gasteiger partial charge in [-0.2, -0.15) is 0 Å². The third-order valence-electron chi connectivity index (χ3n) is 6.65. The number of hydrogen-bond donors (Lipinski definition) is 2. The molecule has 1 amide bonds. The van der Waals surface area contributed by atoms with Crippen LogP contribution in [0.25, 0.3) is 16.8 Å². The second kappa shape index (κ2) is 7.84. The van der Waals surface area contributed by atoms with Gasteiger partial charge in [0.15, 0.2) is 5.65 Å². The highest BCUT2D eigenvalue weighted by molar-refractivity contribution is 6.36. The van der Waals surface area contributed by atoms with E-state index in [1.807, 2.05) is 18.3 Å². The molecule has 2 aliphatic rings. The fourth-order valence-corrected chi connectivity index (χ4v) is 5.73. The summed E-state index contributed by atoms with van der Waals surface area (Å²) in [4.78, 5) is 12.7. The molecule has 8 heteroatoms. The highest BCUT2D eigenvalue weighted by Crippen LogP contribution is 2.49. The summed E-state index contributed by atoms with van der Waals surface area (Å²) >= 11 is 12.5. The zero-order chi connectivity index (χ0) is 20.8. The molecule has 5 rings (SSSR count). The summed E-state index contributed by atoms with van der Waals surface area (Å²) in [5.41, 5.74) is 9.16. The predicted octanol–water partition coefficient (Wildman–Crippen LogP) is 4.93. The summed E-state index contributed by atoms with van der Waals surface area (Å²) in [6.07, 6.45) is 7.49. The quantitative estimate of drug-likeness (QED) is 0.585. The van der Waals surface area contributed by atoms with E-state index in [9.17, 15) is 4.79 Å². The second-order valence-electron chi connectivity index (χ2n) is 8.48. The molecule has 6 nitrogen and oxygen atoms in total. The first-order chi connectivity index (χ1) is 14.5. The molecule has 3 atom stereocenters. The number of nitrogens with one attached hydrogen (secondary N) is 1. The lowest BCUT2D eigenvalue weighted by Crippen LogP contribution is -2.21. The smallest absolute Gasteiger partial charge is 0.235 e. The molecule has 0 saturated heterocycles. The van der Waals surface area contributed by atoms with Crippen LogP contribution in [-0.4, -0.2) is 20.5 Å². The van der Waals surface area contributed by atoms with Gasteiger partial charge in [-0.05, 0) is 60.8 Å². The number of nitrogens with two attached hydrogens (primary N) is 1. The number of aromatic nitrogens is 3. The van der Waals surface area contributed by atoms with E-state index in [0.29, 0.717) is 46.4 Å². The Balaban J connectivity index is 1.44. The molecule has 3 N–H and O–H groups in total. The standard InChI is InChI=1S/C22H23Cl2N5O/c23-16-3-4-17(19(24)9-16)18-11-29-20(7-15(18)10-25)27-28-22(29)26-21(30)8-14-6-12-1-2-13(14)5-12/h3-4,7,9,11-14H,1-2,5-6,8,10,25H2,(H,26,28,30). The van der Waals surface area contributed by atoms with Crippen molar-refractivity contribution >= 4 is 40.7 Å². The maximum Gasteiger partial charge on any atom is 0.235 e.